The first-order chi connectivity index (χ1) is 5.34. The molecule has 0 aromatic carbocycles. The van der Waals surface area contributed by atoms with E-state index in [0.29, 0.717) is 6.54 Å². The Bertz CT molecular complexity index is 152. The maximum atomic E-state index is 11.2. The van der Waals surface area contributed by atoms with Crippen molar-refractivity contribution < 1.29 is 4.79 Å². The van der Waals surface area contributed by atoms with E-state index in [1.165, 1.54) is 0 Å². The number of rotatable bonds is 4. The second-order valence-corrected chi connectivity index (χ2v) is 4.74. The van der Waals surface area contributed by atoms with Crippen LogP contribution in [0.1, 0.15) is 13.8 Å². The third-order valence-electron chi connectivity index (χ3n) is 1.40. The van der Waals surface area contributed by atoms with E-state index in [1.54, 1.807) is 13.8 Å². The SMILES string of the molecule is CN(C)CCNC(=O)C(C)(C)S. The van der Waals surface area contributed by atoms with E-state index >= 15 is 0 Å². The van der Waals surface area contributed by atoms with Crippen molar-refractivity contribution in [1.29, 1.82) is 0 Å². The fourth-order valence-electron chi connectivity index (χ4n) is 0.609. The lowest BCUT2D eigenvalue weighted by Gasteiger charge is -2.17. The second-order valence-electron chi connectivity index (χ2n) is 3.62. The zero-order valence-corrected chi connectivity index (χ0v) is 9.11. The smallest absolute Gasteiger partial charge is 0.235 e. The molecule has 0 heterocycles. The third-order valence-corrected chi connectivity index (χ3v) is 1.60. The Hall–Kier alpha value is -0.220. The first kappa shape index (κ1) is 11.8. The fourth-order valence-corrected chi connectivity index (χ4v) is 0.688. The molecule has 0 fully saturated rings. The average molecular weight is 190 g/mol. The molecule has 0 aromatic rings. The van der Waals surface area contributed by atoms with E-state index in [0.717, 1.165) is 6.54 Å². The van der Waals surface area contributed by atoms with Gasteiger partial charge in [-0.15, -0.1) is 0 Å². The summed E-state index contributed by atoms with van der Waals surface area (Å²) in [6.07, 6.45) is 0. The van der Waals surface area contributed by atoms with Gasteiger partial charge < -0.3 is 10.2 Å². The lowest BCUT2D eigenvalue weighted by atomic mass is 10.2. The minimum atomic E-state index is -0.577. The first-order valence-electron chi connectivity index (χ1n) is 3.99. The summed E-state index contributed by atoms with van der Waals surface area (Å²) in [6, 6.07) is 0. The Morgan fingerprint density at radius 2 is 2.00 bits per heavy atom. The Kier molecular flexibility index (Phi) is 4.63. The third kappa shape index (κ3) is 5.43. The van der Waals surface area contributed by atoms with Gasteiger partial charge in [0.2, 0.25) is 5.91 Å². The molecule has 0 rings (SSSR count). The number of likely N-dealkylation sites (N-methyl/N-ethyl adjacent to an activating group) is 1. The number of hydrogen-bond acceptors (Lipinski definition) is 3. The number of carbonyl (C=O) groups is 1. The standard InChI is InChI=1S/C8H18N2OS/c1-8(2,12)7(11)9-5-6-10(3)4/h12H,5-6H2,1-4H3,(H,9,11). The number of nitrogens with one attached hydrogen (secondary N) is 1. The van der Waals surface area contributed by atoms with Gasteiger partial charge in [0, 0.05) is 13.1 Å². The highest BCUT2D eigenvalue weighted by molar-refractivity contribution is 7.82. The Balaban J connectivity index is 3.59. The van der Waals surface area contributed by atoms with Crippen LogP contribution < -0.4 is 5.32 Å². The maximum Gasteiger partial charge on any atom is 0.235 e. The molecule has 0 spiro atoms. The predicted octanol–water partition coefficient (Wildman–Crippen LogP) is 0.373. The highest BCUT2D eigenvalue weighted by atomic mass is 32.1. The van der Waals surface area contributed by atoms with Gasteiger partial charge in [-0.1, -0.05) is 0 Å². The molecular weight excluding hydrogens is 172 g/mol. The summed E-state index contributed by atoms with van der Waals surface area (Å²) in [5.74, 6) is -0.0207. The number of amides is 1. The van der Waals surface area contributed by atoms with Crippen LogP contribution in [0.15, 0.2) is 0 Å². The molecule has 0 atom stereocenters. The average Bonchev–Trinajstić information content (AvgIpc) is 1.84. The van der Waals surface area contributed by atoms with Gasteiger partial charge >= 0.3 is 0 Å². The number of hydrogen-bond donors (Lipinski definition) is 2. The van der Waals surface area contributed by atoms with Gasteiger partial charge in [0.25, 0.3) is 0 Å². The van der Waals surface area contributed by atoms with Crippen LogP contribution in [-0.4, -0.2) is 42.7 Å². The molecule has 4 heteroatoms. The van der Waals surface area contributed by atoms with E-state index in [1.807, 2.05) is 19.0 Å². The van der Waals surface area contributed by atoms with Crippen molar-refractivity contribution in [3.05, 3.63) is 0 Å². The highest BCUT2D eigenvalue weighted by Crippen LogP contribution is 2.10. The van der Waals surface area contributed by atoms with Crippen LogP contribution in [0.4, 0.5) is 0 Å². The van der Waals surface area contributed by atoms with Crippen LogP contribution in [0.25, 0.3) is 0 Å². The quantitative estimate of drug-likeness (QED) is 0.628. The molecule has 3 nitrogen and oxygen atoms in total. The monoisotopic (exact) mass is 190 g/mol. The summed E-state index contributed by atoms with van der Waals surface area (Å²) in [7, 11) is 3.94. The van der Waals surface area contributed by atoms with Crippen molar-refractivity contribution in [3.63, 3.8) is 0 Å². The molecule has 1 amide bonds. The molecule has 0 aliphatic heterocycles. The van der Waals surface area contributed by atoms with Crippen molar-refractivity contribution in [2.24, 2.45) is 0 Å². The van der Waals surface area contributed by atoms with Gasteiger partial charge in [-0.3, -0.25) is 4.79 Å². The summed E-state index contributed by atoms with van der Waals surface area (Å²) in [6.45, 7) is 5.09. The molecule has 0 aromatic heterocycles. The van der Waals surface area contributed by atoms with Crippen LogP contribution in [-0.2, 0) is 4.79 Å². The van der Waals surface area contributed by atoms with Crippen molar-refractivity contribution >= 4 is 18.5 Å². The second kappa shape index (κ2) is 4.72. The summed E-state index contributed by atoms with van der Waals surface area (Å²) < 4.78 is -0.577. The van der Waals surface area contributed by atoms with E-state index in [4.69, 9.17) is 0 Å². The largest absolute Gasteiger partial charge is 0.354 e. The number of carbonyl (C=O) groups excluding carboxylic acids is 1. The highest BCUT2D eigenvalue weighted by Gasteiger charge is 2.21. The summed E-state index contributed by atoms with van der Waals surface area (Å²) >= 11 is 4.15. The number of nitrogens with zero attached hydrogens (tertiary/aromatic N) is 1. The first-order valence-corrected chi connectivity index (χ1v) is 4.44. The maximum absolute atomic E-state index is 11.2. The predicted molar refractivity (Wildman–Crippen MR) is 54.6 cm³/mol. The Morgan fingerprint density at radius 3 is 2.33 bits per heavy atom. The molecule has 0 aliphatic rings. The van der Waals surface area contributed by atoms with Crippen LogP contribution in [0.3, 0.4) is 0 Å². The molecular formula is C8H18N2OS. The van der Waals surface area contributed by atoms with E-state index in [9.17, 15) is 4.79 Å². The van der Waals surface area contributed by atoms with Gasteiger partial charge in [-0.05, 0) is 27.9 Å². The van der Waals surface area contributed by atoms with E-state index in [2.05, 4.69) is 17.9 Å². The summed E-state index contributed by atoms with van der Waals surface area (Å²) in [5.41, 5.74) is 0. The molecule has 0 aliphatic carbocycles. The molecule has 0 unspecified atom stereocenters. The summed E-state index contributed by atoms with van der Waals surface area (Å²) in [4.78, 5) is 13.3. The molecule has 0 saturated carbocycles. The van der Waals surface area contributed by atoms with Crippen molar-refractivity contribution in [1.82, 2.24) is 10.2 Å². The zero-order valence-electron chi connectivity index (χ0n) is 8.22. The minimum Gasteiger partial charge on any atom is -0.354 e. The van der Waals surface area contributed by atoms with Crippen molar-refractivity contribution in [2.75, 3.05) is 27.2 Å². The van der Waals surface area contributed by atoms with Crippen molar-refractivity contribution in [3.8, 4) is 0 Å². The van der Waals surface area contributed by atoms with Gasteiger partial charge in [0.15, 0.2) is 0 Å². The van der Waals surface area contributed by atoms with Crippen LogP contribution in [0, 0.1) is 0 Å². The number of thiol groups is 1. The normalized spacial score (nSPS) is 11.8. The molecule has 0 saturated heterocycles. The Morgan fingerprint density at radius 1 is 1.50 bits per heavy atom. The molecule has 12 heavy (non-hydrogen) atoms. The van der Waals surface area contributed by atoms with Gasteiger partial charge in [0.1, 0.15) is 0 Å². The molecule has 0 radical (unpaired) electrons. The van der Waals surface area contributed by atoms with Crippen LogP contribution >= 0.6 is 12.6 Å². The van der Waals surface area contributed by atoms with Crippen LogP contribution in [0.2, 0.25) is 0 Å². The van der Waals surface area contributed by atoms with E-state index in [-0.39, 0.29) is 5.91 Å². The Labute approximate surface area is 79.9 Å². The van der Waals surface area contributed by atoms with Crippen LogP contribution in [0.5, 0.6) is 0 Å². The summed E-state index contributed by atoms with van der Waals surface area (Å²) in [5, 5.41) is 2.80. The minimum absolute atomic E-state index is 0.0207. The van der Waals surface area contributed by atoms with Gasteiger partial charge in [0.05, 0.1) is 4.75 Å². The van der Waals surface area contributed by atoms with Gasteiger partial charge in [-0.2, -0.15) is 12.6 Å². The van der Waals surface area contributed by atoms with Gasteiger partial charge in [-0.25, -0.2) is 0 Å². The topological polar surface area (TPSA) is 32.3 Å². The van der Waals surface area contributed by atoms with Crippen molar-refractivity contribution in [2.45, 2.75) is 18.6 Å². The lowest BCUT2D eigenvalue weighted by Crippen LogP contribution is -2.40. The molecule has 1 N–H and O–H groups in total. The molecule has 0 bridgehead atoms. The van der Waals surface area contributed by atoms with E-state index < -0.39 is 4.75 Å². The fraction of sp³-hybridized carbons (Fsp3) is 0.875. The lowest BCUT2D eigenvalue weighted by molar-refractivity contribution is -0.122. The zero-order chi connectivity index (χ0) is 9.78. The molecule has 72 valence electrons.